The maximum atomic E-state index is 11.9. The lowest BCUT2D eigenvalue weighted by Crippen LogP contribution is -2.36. The number of hydrogen-bond acceptors (Lipinski definition) is 4. The Morgan fingerprint density at radius 1 is 1.25 bits per heavy atom. The maximum absolute atomic E-state index is 11.9. The Balaban J connectivity index is 1.74. The van der Waals surface area contributed by atoms with E-state index in [1.807, 2.05) is 4.90 Å². The Morgan fingerprint density at radius 3 is 2.60 bits per heavy atom. The highest BCUT2D eigenvalue weighted by Gasteiger charge is 2.15. The number of likely N-dealkylation sites (tertiary alicyclic amines) is 1. The normalized spacial score (nSPS) is 14.9. The molecule has 0 aromatic carbocycles. The molecule has 1 amide bonds. The lowest BCUT2D eigenvalue weighted by Gasteiger charge is -2.26. The van der Waals surface area contributed by atoms with Crippen molar-refractivity contribution in [2.24, 2.45) is 0 Å². The molecule has 2 heterocycles. The number of anilines is 1. The van der Waals surface area contributed by atoms with Gasteiger partial charge >= 0.3 is 5.97 Å². The number of pyridine rings is 1. The van der Waals surface area contributed by atoms with Gasteiger partial charge in [0.15, 0.2) is 0 Å². The van der Waals surface area contributed by atoms with Crippen LogP contribution in [0, 0.1) is 0 Å². The van der Waals surface area contributed by atoms with Gasteiger partial charge in [0.05, 0.1) is 5.56 Å². The average molecular weight is 277 g/mol. The lowest BCUT2D eigenvalue weighted by atomic mass is 10.1. The van der Waals surface area contributed by atoms with Crippen LogP contribution in [0.4, 0.5) is 5.82 Å². The van der Waals surface area contributed by atoms with Crippen molar-refractivity contribution in [2.45, 2.75) is 25.7 Å². The first-order chi connectivity index (χ1) is 9.66. The van der Waals surface area contributed by atoms with Gasteiger partial charge in [-0.3, -0.25) is 4.79 Å². The predicted molar refractivity (Wildman–Crippen MR) is 74.7 cm³/mol. The third kappa shape index (κ3) is 3.94. The van der Waals surface area contributed by atoms with Crippen LogP contribution in [0.2, 0.25) is 0 Å². The van der Waals surface area contributed by atoms with Crippen molar-refractivity contribution in [3.05, 3.63) is 23.9 Å². The molecule has 108 valence electrons. The second kappa shape index (κ2) is 6.88. The van der Waals surface area contributed by atoms with Gasteiger partial charge in [0, 0.05) is 32.3 Å². The Morgan fingerprint density at radius 2 is 2.00 bits per heavy atom. The quantitative estimate of drug-likeness (QED) is 0.854. The minimum Gasteiger partial charge on any atom is -0.478 e. The fourth-order valence-electron chi connectivity index (χ4n) is 2.22. The predicted octanol–water partition coefficient (Wildman–Crippen LogP) is 1.59. The van der Waals surface area contributed by atoms with E-state index in [1.54, 1.807) is 6.07 Å². The second-order valence-electron chi connectivity index (χ2n) is 4.86. The van der Waals surface area contributed by atoms with E-state index in [0.29, 0.717) is 18.8 Å². The molecular weight excluding hydrogens is 258 g/mol. The molecule has 0 radical (unpaired) electrons. The number of aromatic carboxylic acids is 1. The highest BCUT2D eigenvalue weighted by molar-refractivity contribution is 5.87. The fourth-order valence-corrected chi connectivity index (χ4v) is 2.22. The summed E-state index contributed by atoms with van der Waals surface area (Å²) in [6, 6.07) is 3.10. The van der Waals surface area contributed by atoms with Crippen LogP contribution < -0.4 is 5.32 Å². The van der Waals surface area contributed by atoms with Crippen LogP contribution in [0.3, 0.4) is 0 Å². The van der Waals surface area contributed by atoms with E-state index in [-0.39, 0.29) is 11.5 Å². The number of rotatable bonds is 5. The summed E-state index contributed by atoms with van der Waals surface area (Å²) in [5.74, 6) is -0.245. The van der Waals surface area contributed by atoms with Crippen molar-refractivity contribution < 1.29 is 14.7 Å². The highest BCUT2D eigenvalue weighted by atomic mass is 16.4. The van der Waals surface area contributed by atoms with E-state index in [2.05, 4.69) is 10.3 Å². The molecule has 1 aromatic heterocycles. The Labute approximate surface area is 117 Å². The van der Waals surface area contributed by atoms with Gasteiger partial charge in [-0.05, 0) is 31.4 Å². The van der Waals surface area contributed by atoms with E-state index < -0.39 is 5.97 Å². The second-order valence-corrected chi connectivity index (χ2v) is 4.86. The number of carboxylic acid groups (broad SMARTS) is 1. The van der Waals surface area contributed by atoms with Crippen LogP contribution in [0.15, 0.2) is 18.3 Å². The van der Waals surface area contributed by atoms with E-state index in [0.717, 1.165) is 25.9 Å². The number of carbonyl (C=O) groups excluding carboxylic acids is 1. The minimum absolute atomic E-state index is 0.153. The summed E-state index contributed by atoms with van der Waals surface area (Å²) in [6.07, 6.45) is 5.14. The summed E-state index contributed by atoms with van der Waals surface area (Å²) in [5, 5.41) is 11.8. The molecule has 1 fully saturated rings. The molecular formula is C14H19N3O3. The van der Waals surface area contributed by atoms with Crippen LogP contribution >= 0.6 is 0 Å². The SMILES string of the molecule is O=C(O)c1ccc(NCCC(=O)N2CCCCC2)nc1. The molecule has 2 N–H and O–H groups in total. The largest absolute Gasteiger partial charge is 0.478 e. The van der Waals surface area contributed by atoms with Crippen molar-refractivity contribution in [3.63, 3.8) is 0 Å². The molecule has 0 bridgehead atoms. The summed E-state index contributed by atoms with van der Waals surface area (Å²) in [4.78, 5) is 28.5. The maximum Gasteiger partial charge on any atom is 0.337 e. The van der Waals surface area contributed by atoms with Gasteiger partial charge in [0.1, 0.15) is 5.82 Å². The molecule has 6 heteroatoms. The summed E-state index contributed by atoms with van der Waals surface area (Å²) < 4.78 is 0. The van der Waals surface area contributed by atoms with Crippen molar-refractivity contribution in [1.82, 2.24) is 9.88 Å². The molecule has 1 aliphatic heterocycles. The summed E-state index contributed by atoms with van der Waals surface area (Å²) in [5.41, 5.74) is 0.153. The number of carbonyl (C=O) groups is 2. The van der Waals surface area contributed by atoms with Crippen LogP contribution in [-0.4, -0.2) is 46.5 Å². The molecule has 0 unspecified atom stereocenters. The molecule has 2 rings (SSSR count). The number of carboxylic acids is 1. The summed E-state index contributed by atoms with van der Waals surface area (Å²) in [7, 11) is 0. The minimum atomic E-state index is -0.996. The first-order valence-corrected chi connectivity index (χ1v) is 6.88. The zero-order chi connectivity index (χ0) is 14.4. The van der Waals surface area contributed by atoms with Crippen molar-refractivity contribution in [1.29, 1.82) is 0 Å². The first kappa shape index (κ1) is 14.3. The Bertz CT molecular complexity index is 467. The van der Waals surface area contributed by atoms with Gasteiger partial charge in [-0.15, -0.1) is 0 Å². The molecule has 0 atom stereocenters. The van der Waals surface area contributed by atoms with Crippen LogP contribution in [0.1, 0.15) is 36.0 Å². The zero-order valence-electron chi connectivity index (χ0n) is 11.3. The molecule has 1 aromatic rings. The zero-order valence-corrected chi connectivity index (χ0v) is 11.3. The van der Waals surface area contributed by atoms with Crippen LogP contribution in [0.5, 0.6) is 0 Å². The number of nitrogens with one attached hydrogen (secondary N) is 1. The van der Waals surface area contributed by atoms with E-state index in [4.69, 9.17) is 5.11 Å². The average Bonchev–Trinajstić information content (AvgIpc) is 2.48. The number of hydrogen-bond donors (Lipinski definition) is 2. The fraction of sp³-hybridized carbons (Fsp3) is 0.500. The molecule has 0 spiro atoms. The third-order valence-corrected chi connectivity index (χ3v) is 3.36. The number of aromatic nitrogens is 1. The number of nitrogens with zero attached hydrogens (tertiary/aromatic N) is 2. The van der Waals surface area contributed by atoms with Crippen LogP contribution in [0.25, 0.3) is 0 Å². The monoisotopic (exact) mass is 277 g/mol. The molecule has 1 aliphatic rings. The Kier molecular flexibility index (Phi) is 4.92. The lowest BCUT2D eigenvalue weighted by molar-refractivity contribution is -0.131. The third-order valence-electron chi connectivity index (χ3n) is 3.36. The van der Waals surface area contributed by atoms with Crippen LogP contribution in [-0.2, 0) is 4.79 Å². The molecule has 0 saturated carbocycles. The smallest absolute Gasteiger partial charge is 0.337 e. The van der Waals surface area contributed by atoms with Crippen molar-refractivity contribution >= 4 is 17.7 Å². The van der Waals surface area contributed by atoms with Gasteiger partial charge < -0.3 is 15.3 Å². The standard InChI is InChI=1S/C14H19N3O3/c18-13(17-8-2-1-3-9-17)6-7-15-12-5-4-11(10-16-12)14(19)20/h4-5,10H,1-3,6-9H2,(H,15,16)(H,19,20). The van der Waals surface area contributed by atoms with E-state index >= 15 is 0 Å². The molecule has 20 heavy (non-hydrogen) atoms. The molecule has 0 aliphatic carbocycles. The first-order valence-electron chi connectivity index (χ1n) is 6.88. The topological polar surface area (TPSA) is 82.5 Å². The number of piperidine rings is 1. The molecule has 6 nitrogen and oxygen atoms in total. The van der Waals surface area contributed by atoms with Crippen molar-refractivity contribution in [2.75, 3.05) is 25.0 Å². The van der Waals surface area contributed by atoms with Gasteiger partial charge in [-0.1, -0.05) is 0 Å². The summed E-state index contributed by atoms with van der Waals surface area (Å²) >= 11 is 0. The number of amides is 1. The van der Waals surface area contributed by atoms with Gasteiger partial charge in [-0.2, -0.15) is 0 Å². The van der Waals surface area contributed by atoms with Crippen molar-refractivity contribution in [3.8, 4) is 0 Å². The van der Waals surface area contributed by atoms with Gasteiger partial charge in [-0.25, -0.2) is 9.78 Å². The summed E-state index contributed by atoms with van der Waals surface area (Å²) in [6.45, 7) is 2.24. The van der Waals surface area contributed by atoms with Gasteiger partial charge in [0.25, 0.3) is 0 Å². The highest BCUT2D eigenvalue weighted by Crippen LogP contribution is 2.10. The van der Waals surface area contributed by atoms with Gasteiger partial charge in [0.2, 0.25) is 5.91 Å². The Hall–Kier alpha value is -2.11. The van der Waals surface area contributed by atoms with E-state index in [9.17, 15) is 9.59 Å². The molecule has 1 saturated heterocycles. The van der Waals surface area contributed by atoms with E-state index in [1.165, 1.54) is 18.7 Å².